The Labute approximate surface area is 205 Å². The second-order valence-electron chi connectivity index (χ2n) is 8.10. The molecule has 0 spiro atoms. The van der Waals surface area contributed by atoms with Gasteiger partial charge in [0.1, 0.15) is 0 Å². The van der Waals surface area contributed by atoms with Gasteiger partial charge in [0.15, 0.2) is 5.82 Å². The second-order valence-corrected chi connectivity index (χ2v) is 8.10. The Hall–Kier alpha value is -4.15. The standard InChI is InChI=1S/C25H24F3N5O3/c26-25(27,28)20-9-5-4-8-19(20)23(34)33-16-14-32(15-17-33)21-10-11-22(31-30-21)36-24(35)29-13-12-18-6-2-1-3-7-18/h1-11H,12-17H2,(H,29,35). The molecule has 1 aromatic heterocycles. The summed E-state index contributed by atoms with van der Waals surface area (Å²) in [6, 6.07) is 17.6. The molecule has 4 rings (SSSR count). The maximum atomic E-state index is 13.3. The number of nitrogens with one attached hydrogen (secondary N) is 1. The lowest BCUT2D eigenvalue weighted by atomic mass is 10.1. The van der Waals surface area contributed by atoms with Crippen LogP contribution in [0.2, 0.25) is 0 Å². The molecule has 3 aromatic rings. The van der Waals surface area contributed by atoms with Gasteiger partial charge < -0.3 is 19.9 Å². The van der Waals surface area contributed by atoms with Crippen LogP contribution in [0.25, 0.3) is 0 Å². The number of hydrogen-bond donors (Lipinski definition) is 1. The highest BCUT2D eigenvalue weighted by molar-refractivity contribution is 5.96. The Bertz CT molecular complexity index is 1180. The minimum absolute atomic E-state index is 0.0357. The molecule has 2 aromatic carbocycles. The zero-order valence-electron chi connectivity index (χ0n) is 19.2. The van der Waals surface area contributed by atoms with E-state index in [-0.39, 0.29) is 24.5 Å². The molecule has 1 saturated heterocycles. The van der Waals surface area contributed by atoms with Crippen LogP contribution in [0.3, 0.4) is 0 Å². The van der Waals surface area contributed by atoms with Crippen molar-refractivity contribution in [3.05, 3.63) is 83.4 Å². The third-order valence-electron chi connectivity index (χ3n) is 5.70. The van der Waals surface area contributed by atoms with E-state index in [0.717, 1.165) is 11.6 Å². The summed E-state index contributed by atoms with van der Waals surface area (Å²) >= 11 is 0. The van der Waals surface area contributed by atoms with Crippen LogP contribution >= 0.6 is 0 Å². The minimum atomic E-state index is -4.60. The summed E-state index contributed by atoms with van der Waals surface area (Å²) in [5.41, 5.74) is -0.210. The highest BCUT2D eigenvalue weighted by Gasteiger charge is 2.36. The summed E-state index contributed by atoms with van der Waals surface area (Å²) in [6.45, 7) is 1.61. The summed E-state index contributed by atoms with van der Waals surface area (Å²) in [5.74, 6) is -0.112. The number of aromatic nitrogens is 2. The van der Waals surface area contributed by atoms with Crippen molar-refractivity contribution < 1.29 is 27.5 Å². The van der Waals surface area contributed by atoms with Crippen molar-refractivity contribution in [3.8, 4) is 5.88 Å². The molecule has 188 valence electrons. The van der Waals surface area contributed by atoms with Crippen molar-refractivity contribution in [1.29, 1.82) is 0 Å². The molecule has 0 bridgehead atoms. The quantitative estimate of drug-likeness (QED) is 0.556. The smallest absolute Gasteiger partial charge is 0.390 e. The number of benzene rings is 2. The molecule has 8 nitrogen and oxygen atoms in total. The zero-order valence-corrected chi connectivity index (χ0v) is 19.2. The topological polar surface area (TPSA) is 87.7 Å². The first-order valence-electron chi connectivity index (χ1n) is 11.3. The van der Waals surface area contributed by atoms with Crippen LogP contribution in [0.15, 0.2) is 66.7 Å². The van der Waals surface area contributed by atoms with E-state index in [1.165, 1.54) is 29.2 Å². The molecule has 0 saturated carbocycles. The highest BCUT2D eigenvalue weighted by Crippen LogP contribution is 2.32. The summed E-state index contributed by atoms with van der Waals surface area (Å²) < 4.78 is 45.0. The predicted octanol–water partition coefficient (Wildman–Crippen LogP) is 3.79. The van der Waals surface area contributed by atoms with E-state index in [2.05, 4.69) is 15.5 Å². The lowest BCUT2D eigenvalue weighted by Crippen LogP contribution is -2.49. The fourth-order valence-corrected chi connectivity index (χ4v) is 3.85. The number of amides is 2. The van der Waals surface area contributed by atoms with Crippen LogP contribution in [0.1, 0.15) is 21.5 Å². The maximum Gasteiger partial charge on any atom is 0.417 e. The number of anilines is 1. The lowest BCUT2D eigenvalue weighted by Gasteiger charge is -2.35. The molecule has 0 radical (unpaired) electrons. The van der Waals surface area contributed by atoms with Crippen LogP contribution in [-0.4, -0.2) is 59.8 Å². The molecule has 2 heterocycles. The van der Waals surface area contributed by atoms with E-state index in [9.17, 15) is 22.8 Å². The number of hydrogen-bond acceptors (Lipinski definition) is 6. The van der Waals surface area contributed by atoms with Crippen LogP contribution in [0.4, 0.5) is 23.8 Å². The van der Waals surface area contributed by atoms with E-state index in [1.807, 2.05) is 35.2 Å². The normalized spacial score (nSPS) is 13.9. The maximum absolute atomic E-state index is 13.3. The van der Waals surface area contributed by atoms with E-state index in [0.29, 0.717) is 31.9 Å². The zero-order chi connectivity index (χ0) is 25.5. The molecule has 1 aliphatic heterocycles. The Morgan fingerprint density at radius 1 is 0.889 bits per heavy atom. The Morgan fingerprint density at radius 3 is 2.25 bits per heavy atom. The molecule has 1 fully saturated rings. The number of piperazine rings is 1. The number of nitrogens with zero attached hydrogens (tertiary/aromatic N) is 4. The monoisotopic (exact) mass is 499 g/mol. The molecule has 11 heteroatoms. The second kappa shape index (κ2) is 11.1. The molecule has 0 aliphatic carbocycles. The van der Waals surface area contributed by atoms with Crippen molar-refractivity contribution in [3.63, 3.8) is 0 Å². The van der Waals surface area contributed by atoms with Crippen molar-refractivity contribution in [2.24, 2.45) is 0 Å². The van der Waals surface area contributed by atoms with Gasteiger partial charge in [0, 0.05) is 38.8 Å². The Balaban J connectivity index is 1.26. The van der Waals surface area contributed by atoms with Crippen LogP contribution in [0.5, 0.6) is 5.88 Å². The fraction of sp³-hybridized carbons (Fsp3) is 0.280. The van der Waals surface area contributed by atoms with Gasteiger partial charge in [-0.1, -0.05) is 42.5 Å². The largest absolute Gasteiger partial charge is 0.417 e. The third kappa shape index (κ3) is 6.29. The molecular formula is C25H24F3N5O3. The summed E-state index contributed by atoms with van der Waals surface area (Å²) in [6.07, 6.45) is -4.58. The SMILES string of the molecule is O=C(NCCc1ccccc1)Oc1ccc(N2CCN(C(=O)c3ccccc3C(F)(F)F)CC2)nn1. The molecule has 1 aliphatic rings. The summed E-state index contributed by atoms with van der Waals surface area (Å²) in [7, 11) is 0. The van der Waals surface area contributed by atoms with Crippen molar-refractivity contribution in [1.82, 2.24) is 20.4 Å². The van der Waals surface area contributed by atoms with E-state index in [4.69, 9.17) is 4.74 Å². The van der Waals surface area contributed by atoms with Crippen molar-refractivity contribution in [2.45, 2.75) is 12.6 Å². The van der Waals surface area contributed by atoms with Gasteiger partial charge >= 0.3 is 12.3 Å². The van der Waals surface area contributed by atoms with Crippen LogP contribution in [0, 0.1) is 0 Å². The first-order chi connectivity index (χ1) is 17.3. The van der Waals surface area contributed by atoms with Crippen LogP contribution < -0.4 is 15.0 Å². The average Bonchev–Trinajstić information content (AvgIpc) is 2.89. The Kier molecular flexibility index (Phi) is 7.67. The van der Waals surface area contributed by atoms with Gasteiger partial charge in [-0.25, -0.2) is 4.79 Å². The van der Waals surface area contributed by atoms with E-state index < -0.39 is 23.7 Å². The number of halogens is 3. The molecule has 0 atom stereocenters. The van der Waals surface area contributed by atoms with Crippen molar-refractivity contribution in [2.75, 3.05) is 37.6 Å². The summed E-state index contributed by atoms with van der Waals surface area (Å²) in [4.78, 5) is 28.0. The number of ether oxygens (including phenoxy) is 1. The van der Waals surface area contributed by atoms with Crippen molar-refractivity contribution >= 4 is 17.8 Å². The average molecular weight is 499 g/mol. The van der Waals surface area contributed by atoms with Gasteiger partial charge in [0.25, 0.3) is 5.91 Å². The van der Waals surface area contributed by atoms with E-state index in [1.54, 1.807) is 6.07 Å². The number of carbonyl (C=O) groups is 2. The van der Waals surface area contributed by atoms with Gasteiger partial charge in [0.05, 0.1) is 11.1 Å². The first-order valence-corrected chi connectivity index (χ1v) is 11.3. The number of rotatable bonds is 6. The van der Waals surface area contributed by atoms with Gasteiger partial charge in [0.2, 0.25) is 5.88 Å². The molecule has 0 unspecified atom stereocenters. The minimum Gasteiger partial charge on any atom is -0.390 e. The highest BCUT2D eigenvalue weighted by atomic mass is 19.4. The molecule has 1 N–H and O–H groups in total. The van der Waals surface area contributed by atoms with Gasteiger partial charge in [-0.2, -0.15) is 13.2 Å². The number of alkyl halides is 3. The van der Waals surface area contributed by atoms with E-state index >= 15 is 0 Å². The first kappa shape index (κ1) is 25.0. The fourth-order valence-electron chi connectivity index (χ4n) is 3.85. The summed E-state index contributed by atoms with van der Waals surface area (Å²) in [5, 5.41) is 10.6. The van der Waals surface area contributed by atoms with Gasteiger partial charge in [-0.05, 0) is 30.2 Å². The van der Waals surface area contributed by atoms with Gasteiger partial charge in [-0.15, -0.1) is 10.2 Å². The Morgan fingerprint density at radius 2 is 1.58 bits per heavy atom. The van der Waals surface area contributed by atoms with Crippen LogP contribution in [-0.2, 0) is 12.6 Å². The molecule has 2 amide bonds. The van der Waals surface area contributed by atoms with Gasteiger partial charge in [-0.3, -0.25) is 4.79 Å². The third-order valence-corrected chi connectivity index (χ3v) is 5.70. The number of carbonyl (C=O) groups excluding carboxylic acids is 2. The molecule has 36 heavy (non-hydrogen) atoms. The lowest BCUT2D eigenvalue weighted by molar-refractivity contribution is -0.138. The molecular weight excluding hydrogens is 475 g/mol. The predicted molar refractivity (Wildman–Crippen MR) is 126 cm³/mol.